The lowest BCUT2D eigenvalue weighted by Crippen LogP contribution is -2.05. The summed E-state index contributed by atoms with van der Waals surface area (Å²) in [6, 6.07) is 13.7. The van der Waals surface area contributed by atoms with E-state index in [1.54, 1.807) is 0 Å². The third-order valence-electron chi connectivity index (χ3n) is 4.19. The summed E-state index contributed by atoms with van der Waals surface area (Å²) in [7, 11) is 0. The van der Waals surface area contributed by atoms with Crippen LogP contribution >= 0.6 is 0 Å². The van der Waals surface area contributed by atoms with E-state index in [1.165, 1.54) is 37.9 Å². The average molecular weight is 248 g/mol. The van der Waals surface area contributed by atoms with Crippen molar-refractivity contribution in [2.24, 2.45) is 0 Å². The highest BCUT2D eigenvalue weighted by Gasteiger charge is 2.09. The molecule has 0 fully saturated rings. The summed E-state index contributed by atoms with van der Waals surface area (Å²) < 4.78 is 0. The van der Waals surface area contributed by atoms with E-state index in [0.29, 0.717) is 0 Å². The van der Waals surface area contributed by atoms with Crippen molar-refractivity contribution < 1.29 is 0 Å². The molecule has 0 radical (unpaired) electrons. The Kier molecular flexibility index (Phi) is 3.02. The molecule has 0 N–H and O–H groups in total. The smallest absolute Gasteiger partial charge is 0.00274 e. The summed E-state index contributed by atoms with van der Waals surface area (Å²) in [5.74, 6) is 0. The van der Waals surface area contributed by atoms with Gasteiger partial charge in [-0.15, -0.1) is 0 Å². The molecule has 0 heteroatoms. The highest BCUT2D eigenvalue weighted by Crippen LogP contribution is 2.30. The van der Waals surface area contributed by atoms with E-state index in [9.17, 15) is 0 Å². The summed E-state index contributed by atoms with van der Waals surface area (Å²) in [5, 5.41) is 7.06. The Labute approximate surface area is 114 Å². The summed E-state index contributed by atoms with van der Waals surface area (Å²) in [4.78, 5) is 0. The summed E-state index contributed by atoms with van der Waals surface area (Å²) in [6.07, 6.45) is 4.41. The molecule has 0 saturated carbocycles. The van der Waals surface area contributed by atoms with Gasteiger partial charge >= 0.3 is 0 Å². The monoisotopic (exact) mass is 248 g/mol. The minimum absolute atomic E-state index is 1.09. The molecule has 0 aliphatic carbocycles. The molecule has 3 aromatic rings. The van der Waals surface area contributed by atoms with Crippen molar-refractivity contribution in [2.75, 3.05) is 0 Å². The number of hydrogen-bond donors (Lipinski definition) is 0. The zero-order chi connectivity index (χ0) is 13.4. The van der Waals surface area contributed by atoms with Crippen LogP contribution in [0, 0.1) is 0 Å². The van der Waals surface area contributed by atoms with Gasteiger partial charge in [-0.1, -0.05) is 56.3 Å². The van der Waals surface area contributed by atoms with Gasteiger partial charge in [-0.3, -0.25) is 0 Å². The van der Waals surface area contributed by atoms with E-state index >= 15 is 0 Å². The fourth-order valence-electron chi connectivity index (χ4n) is 3.15. The molecule has 0 saturated heterocycles. The third kappa shape index (κ3) is 1.74. The molecule has 0 spiro atoms. The van der Waals surface area contributed by atoms with Crippen molar-refractivity contribution in [1.82, 2.24) is 0 Å². The number of hydrogen-bond acceptors (Lipinski definition) is 0. The lowest BCUT2D eigenvalue weighted by Gasteiger charge is -2.13. The van der Waals surface area contributed by atoms with Crippen LogP contribution < -0.4 is 5.22 Å². The predicted molar refractivity (Wildman–Crippen MR) is 85.6 cm³/mol. The van der Waals surface area contributed by atoms with Gasteiger partial charge in [0.1, 0.15) is 0 Å². The molecule has 0 heterocycles. The standard InChI is InChI=1S/C19H20/c1-4-13-7-9-16-10-8-14(5-2)18-15(6-3)11-12-17(13)19(16)18/h6-12H,4-5H2,1-3H3/b15-6+. The maximum Gasteiger partial charge on any atom is -0.00274 e. The second-order valence-electron chi connectivity index (χ2n) is 5.12. The Morgan fingerprint density at radius 1 is 0.789 bits per heavy atom. The van der Waals surface area contributed by atoms with Gasteiger partial charge in [0.05, 0.1) is 0 Å². The van der Waals surface area contributed by atoms with E-state index in [1.807, 2.05) is 0 Å². The first-order chi connectivity index (χ1) is 9.30. The molecule has 0 atom stereocenters. The fourth-order valence-corrected chi connectivity index (χ4v) is 3.15. The fraction of sp³-hybridized carbons (Fsp3) is 0.263. The van der Waals surface area contributed by atoms with Crippen molar-refractivity contribution in [3.05, 3.63) is 52.7 Å². The number of rotatable bonds is 2. The van der Waals surface area contributed by atoms with Gasteiger partial charge in [-0.25, -0.2) is 0 Å². The summed E-state index contributed by atoms with van der Waals surface area (Å²) in [6.45, 7) is 6.61. The average Bonchev–Trinajstić information content (AvgIpc) is 2.48. The molecule has 0 nitrogen and oxygen atoms in total. The Balaban J connectivity index is 2.64. The van der Waals surface area contributed by atoms with Crippen LogP contribution in [0.3, 0.4) is 0 Å². The molecule has 0 amide bonds. The van der Waals surface area contributed by atoms with Gasteiger partial charge in [-0.05, 0) is 57.7 Å². The maximum absolute atomic E-state index is 2.29. The minimum Gasteiger partial charge on any atom is -0.0798 e. The van der Waals surface area contributed by atoms with Crippen LogP contribution in [0.15, 0.2) is 36.4 Å². The Hall–Kier alpha value is -1.82. The largest absolute Gasteiger partial charge is 0.0798 e. The van der Waals surface area contributed by atoms with E-state index in [2.05, 4.69) is 63.2 Å². The first kappa shape index (κ1) is 12.2. The molecular weight excluding hydrogens is 228 g/mol. The van der Waals surface area contributed by atoms with Gasteiger partial charge in [0.2, 0.25) is 0 Å². The van der Waals surface area contributed by atoms with Gasteiger partial charge < -0.3 is 0 Å². The van der Waals surface area contributed by atoms with Crippen LogP contribution in [0.5, 0.6) is 0 Å². The highest BCUT2D eigenvalue weighted by atomic mass is 14.1. The first-order valence-corrected chi connectivity index (χ1v) is 7.22. The third-order valence-corrected chi connectivity index (χ3v) is 4.19. The Morgan fingerprint density at radius 2 is 1.47 bits per heavy atom. The van der Waals surface area contributed by atoms with Crippen molar-refractivity contribution in [3.63, 3.8) is 0 Å². The van der Waals surface area contributed by atoms with Crippen LogP contribution in [0.2, 0.25) is 0 Å². The quantitative estimate of drug-likeness (QED) is 0.620. The summed E-state index contributed by atoms with van der Waals surface area (Å²) >= 11 is 0. The number of aryl methyl sites for hydroxylation is 2. The first-order valence-electron chi connectivity index (χ1n) is 7.22. The molecule has 96 valence electrons. The number of benzene rings is 3. The van der Waals surface area contributed by atoms with Gasteiger partial charge in [0.25, 0.3) is 0 Å². The highest BCUT2D eigenvalue weighted by molar-refractivity contribution is 6.12. The Bertz CT molecular complexity index is 789. The van der Waals surface area contributed by atoms with E-state index in [-0.39, 0.29) is 0 Å². The lowest BCUT2D eigenvalue weighted by molar-refractivity contribution is 1.15. The SMILES string of the molecule is C/C=c1\ccc2c(CC)ccc3ccc(CC)c1c32. The van der Waals surface area contributed by atoms with Crippen molar-refractivity contribution in [3.8, 4) is 0 Å². The topological polar surface area (TPSA) is 0 Å². The summed E-state index contributed by atoms with van der Waals surface area (Å²) in [5.41, 5.74) is 2.91. The van der Waals surface area contributed by atoms with E-state index in [4.69, 9.17) is 0 Å². The van der Waals surface area contributed by atoms with Crippen LogP contribution in [-0.2, 0) is 12.8 Å². The lowest BCUT2D eigenvalue weighted by atomic mass is 9.91. The van der Waals surface area contributed by atoms with Gasteiger partial charge in [-0.2, -0.15) is 0 Å². The van der Waals surface area contributed by atoms with Crippen molar-refractivity contribution >= 4 is 27.6 Å². The Morgan fingerprint density at radius 3 is 2.11 bits per heavy atom. The molecule has 0 aliphatic rings. The molecule has 3 rings (SSSR count). The van der Waals surface area contributed by atoms with Crippen LogP contribution in [0.25, 0.3) is 27.6 Å². The molecule has 0 unspecified atom stereocenters. The zero-order valence-corrected chi connectivity index (χ0v) is 12.0. The van der Waals surface area contributed by atoms with Crippen LogP contribution in [0.1, 0.15) is 31.9 Å². The molecule has 0 aliphatic heterocycles. The second-order valence-corrected chi connectivity index (χ2v) is 5.12. The van der Waals surface area contributed by atoms with E-state index in [0.717, 1.165) is 12.8 Å². The van der Waals surface area contributed by atoms with Crippen LogP contribution in [-0.4, -0.2) is 0 Å². The molecule has 0 aromatic heterocycles. The van der Waals surface area contributed by atoms with Crippen molar-refractivity contribution in [1.29, 1.82) is 0 Å². The molecule has 19 heavy (non-hydrogen) atoms. The maximum atomic E-state index is 2.29. The minimum atomic E-state index is 1.09. The van der Waals surface area contributed by atoms with Gasteiger partial charge in [0, 0.05) is 0 Å². The molecule has 3 aromatic carbocycles. The predicted octanol–water partition coefficient (Wildman–Crippen LogP) is 4.64. The normalized spacial score (nSPS) is 12.7. The van der Waals surface area contributed by atoms with E-state index < -0.39 is 0 Å². The van der Waals surface area contributed by atoms with Crippen LogP contribution in [0.4, 0.5) is 0 Å². The van der Waals surface area contributed by atoms with Gasteiger partial charge in [0.15, 0.2) is 0 Å². The molecular formula is C19H20. The molecule has 0 bridgehead atoms. The second kappa shape index (κ2) is 4.70. The zero-order valence-electron chi connectivity index (χ0n) is 12.0. The van der Waals surface area contributed by atoms with Crippen molar-refractivity contribution in [2.45, 2.75) is 33.6 Å².